The molecule has 0 atom stereocenters. The number of aromatic nitrogens is 2. The molecule has 1 aromatic heterocycles. The molecular weight excluding hydrogens is 428 g/mol. The summed E-state index contributed by atoms with van der Waals surface area (Å²) >= 11 is 6.02. The molecule has 7 nitrogen and oxygen atoms in total. The number of amides is 2. The summed E-state index contributed by atoms with van der Waals surface area (Å²) in [6, 6.07) is 11.6. The average Bonchev–Trinajstić information content (AvgIpc) is 3.05. The van der Waals surface area contributed by atoms with Gasteiger partial charge in [-0.25, -0.2) is 0 Å². The van der Waals surface area contributed by atoms with Gasteiger partial charge in [0.05, 0.1) is 29.7 Å². The third-order valence-electron chi connectivity index (χ3n) is 5.13. The van der Waals surface area contributed by atoms with Crippen LogP contribution in [0.15, 0.2) is 42.5 Å². The topological polar surface area (TPSA) is 85.3 Å². The number of nitrogens with one attached hydrogen (secondary N) is 2. The maximum absolute atomic E-state index is 12.9. The Bertz CT molecular complexity index is 1140. The third kappa shape index (κ3) is 5.29. The minimum Gasteiger partial charge on any atom is -0.496 e. The summed E-state index contributed by atoms with van der Waals surface area (Å²) in [5, 5.41) is 10.7. The number of halogens is 1. The Morgan fingerprint density at radius 2 is 1.88 bits per heavy atom. The quantitative estimate of drug-likeness (QED) is 0.472. The van der Waals surface area contributed by atoms with E-state index in [9.17, 15) is 9.59 Å². The molecular formula is C24H27ClN4O3. The molecule has 0 aliphatic heterocycles. The van der Waals surface area contributed by atoms with Gasteiger partial charge < -0.3 is 15.4 Å². The van der Waals surface area contributed by atoms with Gasteiger partial charge in [-0.3, -0.25) is 14.3 Å². The molecule has 8 heteroatoms. The van der Waals surface area contributed by atoms with Crippen LogP contribution in [0.4, 0.5) is 11.4 Å². The highest BCUT2D eigenvalue weighted by Gasteiger charge is 2.17. The summed E-state index contributed by atoms with van der Waals surface area (Å²) < 4.78 is 7.16. The lowest BCUT2D eigenvalue weighted by Crippen LogP contribution is -2.16. The predicted octanol–water partition coefficient (Wildman–Crippen LogP) is 5.47. The van der Waals surface area contributed by atoms with E-state index in [1.54, 1.807) is 36.4 Å². The normalized spacial score (nSPS) is 10.7. The molecule has 1 heterocycles. The SMILES string of the molecule is CCCCn1nc(C)c(NC(=O)c2cccc(NC(=O)c3cc(Cl)ccc3OC)c2)c1C. The lowest BCUT2D eigenvalue weighted by atomic mass is 10.1. The number of unbranched alkanes of at least 4 members (excludes halogenated alkanes) is 1. The number of rotatable bonds is 8. The Kier molecular flexibility index (Phi) is 7.53. The van der Waals surface area contributed by atoms with Crippen molar-refractivity contribution in [3.8, 4) is 5.75 Å². The van der Waals surface area contributed by atoms with E-state index in [0.29, 0.717) is 33.3 Å². The fraction of sp³-hybridized carbons (Fsp3) is 0.292. The number of carbonyl (C=O) groups excluding carboxylic acids is 2. The monoisotopic (exact) mass is 454 g/mol. The first kappa shape index (κ1) is 23.3. The number of ether oxygens (including phenoxy) is 1. The number of hydrogen-bond acceptors (Lipinski definition) is 4. The summed E-state index contributed by atoms with van der Waals surface area (Å²) in [6.07, 6.45) is 2.09. The molecule has 0 aliphatic carbocycles. The Morgan fingerprint density at radius 1 is 1.09 bits per heavy atom. The zero-order valence-electron chi connectivity index (χ0n) is 18.7. The first-order chi connectivity index (χ1) is 15.3. The van der Waals surface area contributed by atoms with Crippen molar-refractivity contribution in [2.75, 3.05) is 17.7 Å². The maximum atomic E-state index is 12.9. The van der Waals surface area contributed by atoms with Crippen molar-refractivity contribution in [2.45, 2.75) is 40.2 Å². The van der Waals surface area contributed by atoms with Crippen molar-refractivity contribution in [2.24, 2.45) is 0 Å². The van der Waals surface area contributed by atoms with Crippen LogP contribution in [0.1, 0.15) is 51.9 Å². The van der Waals surface area contributed by atoms with Gasteiger partial charge in [0, 0.05) is 22.8 Å². The largest absolute Gasteiger partial charge is 0.496 e. The predicted molar refractivity (Wildman–Crippen MR) is 127 cm³/mol. The fourth-order valence-electron chi connectivity index (χ4n) is 3.38. The lowest BCUT2D eigenvalue weighted by molar-refractivity contribution is 0.101. The van der Waals surface area contributed by atoms with Crippen LogP contribution in [-0.4, -0.2) is 28.7 Å². The van der Waals surface area contributed by atoms with Crippen LogP contribution in [0, 0.1) is 13.8 Å². The molecule has 0 unspecified atom stereocenters. The maximum Gasteiger partial charge on any atom is 0.259 e. The minimum atomic E-state index is -0.384. The van der Waals surface area contributed by atoms with Crippen LogP contribution in [-0.2, 0) is 6.54 Å². The first-order valence-corrected chi connectivity index (χ1v) is 10.8. The van der Waals surface area contributed by atoms with Crippen molar-refractivity contribution in [3.05, 3.63) is 70.0 Å². The van der Waals surface area contributed by atoms with Crippen LogP contribution in [0.25, 0.3) is 0 Å². The number of hydrogen-bond donors (Lipinski definition) is 2. The molecule has 0 aliphatic rings. The fourth-order valence-corrected chi connectivity index (χ4v) is 3.56. The number of methoxy groups -OCH3 is 1. The average molecular weight is 455 g/mol. The first-order valence-electron chi connectivity index (χ1n) is 10.4. The second kappa shape index (κ2) is 10.3. The molecule has 0 radical (unpaired) electrons. The summed E-state index contributed by atoms with van der Waals surface area (Å²) in [4.78, 5) is 25.6. The molecule has 0 spiro atoms. The molecule has 0 saturated carbocycles. The van der Waals surface area contributed by atoms with E-state index in [2.05, 4.69) is 22.7 Å². The van der Waals surface area contributed by atoms with Gasteiger partial charge in [-0.1, -0.05) is 31.0 Å². The number of anilines is 2. The Balaban J connectivity index is 1.77. The molecule has 2 amide bonds. The van der Waals surface area contributed by atoms with E-state index in [1.807, 2.05) is 18.5 Å². The van der Waals surface area contributed by atoms with Crippen molar-refractivity contribution in [1.82, 2.24) is 9.78 Å². The summed E-state index contributed by atoms with van der Waals surface area (Å²) in [7, 11) is 1.49. The van der Waals surface area contributed by atoms with Crippen LogP contribution in [0.2, 0.25) is 5.02 Å². The second-order valence-corrected chi connectivity index (χ2v) is 7.89. The molecule has 3 aromatic rings. The Labute approximate surface area is 192 Å². The molecule has 0 bridgehead atoms. The van der Waals surface area contributed by atoms with Crippen LogP contribution in [0.3, 0.4) is 0 Å². The second-order valence-electron chi connectivity index (χ2n) is 7.46. The lowest BCUT2D eigenvalue weighted by Gasteiger charge is -2.11. The number of benzene rings is 2. The van der Waals surface area contributed by atoms with Gasteiger partial charge >= 0.3 is 0 Å². The molecule has 0 fully saturated rings. The van der Waals surface area contributed by atoms with Gasteiger partial charge in [-0.2, -0.15) is 5.10 Å². The summed E-state index contributed by atoms with van der Waals surface area (Å²) in [5.41, 5.74) is 3.61. The number of aryl methyl sites for hydroxylation is 2. The van der Waals surface area contributed by atoms with Gasteiger partial charge in [0.1, 0.15) is 5.75 Å². The molecule has 3 rings (SSSR count). The number of nitrogens with zero attached hydrogens (tertiary/aromatic N) is 2. The van der Waals surface area contributed by atoms with E-state index >= 15 is 0 Å². The van der Waals surface area contributed by atoms with Crippen LogP contribution >= 0.6 is 11.6 Å². The van der Waals surface area contributed by atoms with Gasteiger partial charge in [0.2, 0.25) is 0 Å². The highest BCUT2D eigenvalue weighted by atomic mass is 35.5. The zero-order valence-corrected chi connectivity index (χ0v) is 19.4. The van der Waals surface area contributed by atoms with E-state index in [1.165, 1.54) is 13.2 Å². The van der Waals surface area contributed by atoms with E-state index in [4.69, 9.17) is 16.3 Å². The van der Waals surface area contributed by atoms with Crippen molar-refractivity contribution < 1.29 is 14.3 Å². The Hall–Kier alpha value is -3.32. The minimum absolute atomic E-state index is 0.275. The standard InChI is InChI=1S/C24H27ClN4O3/c1-5-6-12-29-16(3)22(15(2)28-29)27-23(30)17-8-7-9-19(13-17)26-24(31)20-14-18(25)10-11-21(20)32-4/h7-11,13-14H,5-6,12H2,1-4H3,(H,26,31)(H,27,30). The van der Waals surface area contributed by atoms with Crippen molar-refractivity contribution in [3.63, 3.8) is 0 Å². The van der Waals surface area contributed by atoms with Crippen molar-refractivity contribution in [1.29, 1.82) is 0 Å². The third-order valence-corrected chi connectivity index (χ3v) is 5.37. The molecule has 32 heavy (non-hydrogen) atoms. The molecule has 0 saturated heterocycles. The van der Waals surface area contributed by atoms with Gasteiger partial charge in [0.15, 0.2) is 0 Å². The Morgan fingerprint density at radius 3 is 2.59 bits per heavy atom. The van der Waals surface area contributed by atoms with Crippen LogP contribution < -0.4 is 15.4 Å². The summed E-state index contributed by atoms with van der Waals surface area (Å²) in [5.74, 6) is -0.250. The van der Waals surface area contributed by atoms with Crippen molar-refractivity contribution >= 4 is 34.8 Å². The zero-order chi connectivity index (χ0) is 23.3. The van der Waals surface area contributed by atoms with Gasteiger partial charge in [0.25, 0.3) is 11.8 Å². The summed E-state index contributed by atoms with van der Waals surface area (Å²) in [6.45, 7) is 6.76. The molecule has 2 aromatic carbocycles. The van der Waals surface area contributed by atoms with E-state index in [0.717, 1.165) is 30.8 Å². The number of carbonyl (C=O) groups is 2. The molecule has 2 N–H and O–H groups in total. The molecule has 168 valence electrons. The smallest absolute Gasteiger partial charge is 0.259 e. The van der Waals surface area contributed by atoms with Gasteiger partial charge in [-0.15, -0.1) is 0 Å². The highest BCUT2D eigenvalue weighted by molar-refractivity contribution is 6.31. The van der Waals surface area contributed by atoms with E-state index in [-0.39, 0.29) is 11.8 Å². The van der Waals surface area contributed by atoms with Crippen LogP contribution in [0.5, 0.6) is 5.75 Å². The van der Waals surface area contributed by atoms with Gasteiger partial charge in [-0.05, 0) is 56.7 Å². The highest BCUT2D eigenvalue weighted by Crippen LogP contribution is 2.25. The van der Waals surface area contributed by atoms with E-state index < -0.39 is 0 Å².